The number of nitrogens with two attached hydrogens (primary N) is 1. The van der Waals surface area contributed by atoms with Gasteiger partial charge in [0.2, 0.25) is 0 Å². The first-order valence-corrected chi connectivity index (χ1v) is 7.88. The summed E-state index contributed by atoms with van der Waals surface area (Å²) in [4.78, 5) is 15.3. The second-order valence-corrected chi connectivity index (χ2v) is 5.88. The van der Waals surface area contributed by atoms with Crippen molar-refractivity contribution in [2.75, 3.05) is 0 Å². The maximum atomic E-state index is 13.6. The largest absolute Gasteiger partial charge is 0.322 e. The Bertz CT molecular complexity index is 939. The van der Waals surface area contributed by atoms with E-state index in [2.05, 4.69) is 4.98 Å². The normalized spacial score (nSPS) is 12.0. The molecule has 2 N–H and O–H groups in total. The Kier molecular flexibility index (Phi) is 5.14. The van der Waals surface area contributed by atoms with Gasteiger partial charge in [0.15, 0.2) is 6.29 Å². The molecule has 2 aromatic carbocycles. The molecule has 0 saturated carbocycles. The van der Waals surface area contributed by atoms with E-state index in [1.165, 1.54) is 30.3 Å². The molecule has 1 atom stereocenters. The predicted molar refractivity (Wildman–Crippen MR) is 92.0 cm³/mol. The van der Waals surface area contributed by atoms with Gasteiger partial charge in [-0.2, -0.15) is 0 Å². The summed E-state index contributed by atoms with van der Waals surface area (Å²) >= 11 is 0. The molecule has 0 bridgehead atoms. The fourth-order valence-electron chi connectivity index (χ4n) is 2.84. The van der Waals surface area contributed by atoms with Gasteiger partial charge in [0.25, 0.3) is 0 Å². The molecule has 6 heteroatoms. The first-order chi connectivity index (χ1) is 12.5. The lowest BCUT2D eigenvalue weighted by Gasteiger charge is -2.16. The highest BCUT2D eigenvalue weighted by molar-refractivity contribution is 5.79. The Morgan fingerprint density at radius 2 is 1.77 bits per heavy atom. The molecule has 0 amide bonds. The summed E-state index contributed by atoms with van der Waals surface area (Å²) in [5.41, 5.74) is 8.24. The van der Waals surface area contributed by atoms with Crippen molar-refractivity contribution in [1.29, 1.82) is 0 Å². The van der Waals surface area contributed by atoms with Crippen molar-refractivity contribution in [3.05, 3.63) is 89.0 Å². The predicted octanol–water partition coefficient (Wildman–Crippen LogP) is 4.22. The smallest absolute Gasteiger partial charge is 0.153 e. The van der Waals surface area contributed by atoms with E-state index in [1.54, 1.807) is 18.3 Å². The molecule has 3 aromatic rings. The number of halogens is 3. The lowest BCUT2D eigenvalue weighted by Crippen LogP contribution is -2.16. The van der Waals surface area contributed by atoms with Crippen LogP contribution in [0.2, 0.25) is 0 Å². The fourth-order valence-corrected chi connectivity index (χ4v) is 2.84. The summed E-state index contributed by atoms with van der Waals surface area (Å²) in [6.07, 6.45) is 2.15. The van der Waals surface area contributed by atoms with E-state index in [0.717, 1.165) is 6.07 Å². The van der Waals surface area contributed by atoms with Crippen LogP contribution in [0.3, 0.4) is 0 Å². The third-order valence-corrected chi connectivity index (χ3v) is 4.00. The van der Waals surface area contributed by atoms with Crippen LogP contribution >= 0.6 is 0 Å². The van der Waals surface area contributed by atoms with E-state index in [9.17, 15) is 18.0 Å². The number of rotatable bonds is 5. The van der Waals surface area contributed by atoms with Gasteiger partial charge in [-0.3, -0.25) is 9.78 Å². The van der Waals surface area contributed by atoms with Crippen LogP contribution < -0.4 is 5.73 Å². The van der Waals surface area contributed by atoms with E-state index >= 15 is 0 Å². The maximum absolute atomic E-state index is 13.6. The van der Waals surface area contributed by atoms with Crippen molar-refractivity contribution in [3.63, 3.8) is 0 Å². The van der Waals surface area contributed by atoms with E-state index in [-0.39, 0.29) is 12.0 Å². The summed E-state index contributed by atoms with van der Waals surface area (Å²) in [6.45, 7) is 0. The van der Waals surface area contributed by atoms with Gasteiger partial charge in [-0.05, 0) is 47.9 Å². The monoisotopic (exact) mass is 356 g/mol. The molecular weight excluding hydrogens is 341 g/mol. The number of hydrogen-bond donors (Lipinski definition) is 1. The van der Waals surface area contributed by atoms with Crippen molar-refractivity contribution in [2.24, 2.45) is 5.73 Å². The molecule has 132 valence electrons. The van der Waals surface area contributed by atoms with Gasteiger partial charge in [-0.25, -0.2) is 13.2 Å². The Labute approximate surface area is 148 Å². The standard InChI is InChI=1S/C20H15F3N2O/c21-15-6-12(7-16(22)10-15)8-19(24)20-17(2-1-5-25-20)13-3-4-18(23)14(9-13)11-26/h1-7,9-11,19H,8,24H2. The molecule has 0 aliphatic rings. The van der Waals surface area contributed by atoms with Gasteiger partial charge in [0.05, 0.1) is 17.3 Å². The highest BCUT2D eigenvalue weighted by atomic mass is 19.1. The minimum absolute atomic E-state index is 0.0712. The highest BCUT2D eigenvalue weighted by Crippen LogP contribution is 2.28. The number of hydrogen-bond acceptors (Lipinski definition) is 3. The van der Waals surface area contributed by atoms with Crippen LogP contribution in [0.1, 0.15) is 27.7 Å². The summed E-state index contributed by atoms with van der Waals surface area (Å²) in [6, 6.07) is 10.2. The van der Waals surface area contributed by atoms with Crippen LogP contribution in [-0.2, 0) is 6.42 Å². The first-order valence-electron chi connectivity index (χ1n) is 7.88. The quantitative estimate of drug-likeness (QED) is 0.697. The average Bonchev–Trinajstić information content (AvgIpc) is 2.61. The topological polar surface area (TPSA) is 56.0 Å². The first kappa shape index (κ1) is 17.8. The number of aromatic nitrogens is 1. The molecule has 1 aromatic heterocycles. The third-order valence-electron chi connectivity index (χ3n) is 4.00. The van der Waals surface area contributed by atoms with Crippen LogP contribution in [-0.4, -0.2) is 11.3 Å². The van der Waals surface area contributed by atoms with Crippen LogP contribution in [0.25, 0.3) is 11.1 Å². The molecule has 3 rings (SSSR count). The highest BCUT2D eigenvalue weighted by Gasteiger charge is 2.16. The van der Waals surface area contributed by atoms with Gasteiger partial charge in [-0.1, -0.05) is 12.1 Å². The van der Waals surface area contributed by atoms with Crippen LogP contribution in [0.5, 0.6) is 0 Å². The molecule has 0 aliphatic heterocycles. The third kappa shape index (κ3) is 3.81. The molecule has 0 aliphatic carbocycles. The van der Waals surface area contributed by atoms with E-state index < -0.39 is 23.5 Å². The van der Waals surface area contributed by atoms with Crippen molar-refractivity contribution in [2.45, 2.75) is 12.5 Å². The molecule has 1 heterocycles. The van der Waals surface area contributed by atoms with Crippen LogP contribution in [0.15, 0.2) is 54.7 Å². The van der Waals surface area contributed by atoms with E-state index in [0.29, 0.717) is 28.7 Å². The molecule has 26 heavy (non-hydrogen) atoms. The minimum atomic E-state index is -0.678. The lowest BCUT2D eigenvalue weighted by molar-refractivity contribution is 0.112. The molecular formula is C20H15F3N2O. The Morgan fingerprint density at radius 1 is 1.04 bits per heavy atom. The zero-order valence-electron chi connectivity index (χ0n) is 13.6. The number of carbonyl (C=O) groups is 1. The SMILES string of the molecule is NC(Cc1cc(F)cc(F)c1)c1ncccc1-c1ccc(F)c(C=O)c1. The van der Waals surface area contributed by atoms with E-state index in [1.807, 2.05) is 0 Å². The van der Waals surface area contributed by atoms with Crippen molar-refractivity contribution in [1.82, 2.24) is 4.98 Å². The van der Waals surface area contributed by atoms with Crippen LogP contribution in [0, 0.1) is 17.5 Å². The second kappa shape index (κ2) is 7.49. The fraction of sp³-hybridized carbons (Fsp3) is 0.100. The van der Waals surface area contributed by atoms with Crippen molar-refractivity contribution < 1.29 is 18.0 Å². The van der Waals surface area contributed by atoms with Gasteiger partial charge in [0, 0.05) is 17.8 Å². The molecule has 3 nitrogen and oxygen atoms in total. The number of benzene rings is 2. The number of nitrogens with zero attached hydrogens (tertiary/aromatic N) is 1. The second-order valence-electron chi connectivity index (χ2n) is 5.88. The number of aldehydes is 1. The van der Waals surface area contributed by atoms with Gasteiger partial charge >= 0.3 is 0 Å². The number of carbonyl (C=O) groups excluding carboxylic acids is 1. The summed E-state index contributed by atoms with van der Waals surface area (Å²) in [5.74, 6) is -1.97. The molecule has 0 spiro atoms. The summed E-state index contributed by atoms with van der Waals surface area (Å²) in [5, 5.41) is 0. The maximum Gasteiger partial charge on any atom is 0.153 e. The van der Waals surface area contributed by atoms with Crippen molar-refractivity contribution in [3.8, 4) is 11.1 Å². The van der Waals surface area contributed by atoms with Crippen molar-refractivity contribution >= 4 is 6.29 Å². The average molecular weight is 356 g/mol. The van der Waals surface area contributed by atoms with E-state index in [4.69, 9.17) is 5.73 Å². The van der Waals surface area contributed by atoms with Crippen LogP contribution in [0.4, 0.5) is 13.2 Å². The Balaban J connectivity index is 1.97. The molecule has 0 radical (unpaired) electrons. The number of pyridine rings is 1. The molecule has 0 saturated heterocycles. The summed E-state index contributed by atoms with van der Waals surface area (Å²) in [7, 11) is 0. The zero-order chi connectivity index (χ0) is 18.7. The Morgan fingerprint density at radius 3 is 2.46 bits per heavy atom. The Hall–Kier alpha value is -2.99. The zero-order valence-corrected chi connectivity index (χ0v) is 13.6. The van der Waals surface area contributed by atoms with Gasteiger partial charge in [-0.15, -0.1) is 0 Å². The summed E-state index contributed by atoms with van der Waals surface area (Å²) < 4.78 is 40.3. The minimum Gasteiger partial charge on any atom is -0.322 e. The molecule has 1 unspecified atom stereocenters. The lowest BCUT2D eigenvalue weighted by atomic mass is 9.95. The van der Waals surface area contributed by atoms with Gasteiger partial charge in [0.1, 0.15) is 17.5 Å². The van der Waals surface area contributed by atoms with Gasteiger partial charge < -0.3 is 5.73 Å². The molecule has 0 fully saturated rings.